The summed E-state index contributed by atoms with van der Waals surface area (Å²) in [6.07, 6.45) is -3.09. The van der Waals surface area contributed by atoms with Gasteiger partial charge in [0.25, 0.3) is 5.91 Å². The lowest BCUT2D eigenvalue weighted by atomic mass is 9.93. The number of carbonyl (C=O) groups is 2. The van der Waals surface area contributed by atoms with Crippen LogP contribution in [0.25, 0.3) is 22.8 Å². The van der Waals surface area contributed by atoms with Crippen molar-refractivity contribution in [2.24, 2.45) is 0 Å². The molecular weight excluding hydrogens is 397 g/mol. The minimum absolute atomic E-state index is 0.00204. The van der Waals surface area contributed by atoms with Gasteiger partial charge in [-0.3, -0.25) is 4.79 Å². The Morgan fingerprint density at radius 1 is 1.10 bits per heavy atom. The molecular formula is C22H15F3N2O3. The fraction of sp³-hybridized carbons (Fsp3) is 0.0909. The summed E-state index contributed by atoms with van der Waals surface area (Å²) in [7, 11) is 0. The van der Waals surface area contributed by atoms with Crippen LogP contribution in [0.1, 0.15) is 32.9 Å². The van der Waals surface area contributed by atoms with Crippen LogP contribution in [0.4, 0.5) is 18.9 Å². The molecule has 0 atom stereocenters. The summed E-state index contributed by atoms with van der Waals surface area (Å²) in [5, 5.41) is 12.1. The number of halogens is 3. The highest BCUT2D eigenvalue weighted by molar-refractivity contribution is 6.36. The molecule has 152 valence electrons. The summed E-state index contributed by atoms with van der Waals surface area (Å²) >= 11 is 0. The number of hydrogen-bond acceptors (Lipinski definition) is 2. The summed E-state index contributed by atoms with van der Waals surface area (Å²) in [6.45, 7) is 1.69. The molecule has 0 unspecified atom stereocenters. The van der Waals surface area contributed by atoms with E-state index < -0.39 is 23.6 Å². The minimum atomic E-state index is -4.50. The third-order valence-electron chi connectivity index (χ3n) is 4.83. The molecule has 0 bridgehead atoms. The monoisotopic (exact) mass is 412 g/mol. The number of hydrogen-bond donors (Lipinski definition) is 3. The van der Waals surface area contributed by atoms with Gasteiger partial charge in [-0.05, 0) is 48.4 Å². The van der Waals surface area contributed by atoms with E-state index in [2.05, 4.69) is 10.3 Å². The van der Waals surface area contributed by atoms with Crippen molar-refractivity contribution in [2.45, 2.75) is 13.1 Å². The Labute approximate surface area is 168 Å². The average molecular weight is 412 g/mol. The van der Waals surface area contributed by atoms with Crippen LogP contribution >= 0.6 is 0 Å². The summed E-state index contributed by atoms with van der Waals surface area (Å²) < 4.78 is 39.5. The van der Waals surface area contributed by atoms with Crippen molar-refractivity contribution >= 4 is 29.2 Å². The van der Waals surface area contributed by atoms with Crippen LogP contribution in [0, 0.1) is 6.92 Å². The molecule has 1 aliphatic rings. The van der Waals surface area contributed by atoms with Gasteiger partial charge in [-0.25, -0.2) is 4.79 Å². The molecule has 30 heavy (non-hydrogen) atoms. The molecule has 4 rings (SSSR count). The van der Waals surface area contributed by atoms with Gasteiger partial charge in [0.05, 0.1) is 22.4 Å². The Morgan fingerprint density at radius 2 is 1.83 bits per heavy atom. The first-order valence-electron chi connectivity index (χ1n) is 8.92. The first kappa shape index (κ1) is 19.5. The number of aromatic amines is 1. The zero-order chi connectivity index (χ0) is 21.6. The molecule has 0 fully saturated rings. The second-order valence-corrected chi connectivity index (χ2v) is 6.90. The molecule has 3 aromatic rings. The van der Waals surface area contributed by atoms with E-state index in [1.807, 2.05) is 0 Å². The molecule has 0 aliphatic carbocycles. The second kappa shape index (κ2) is 6.91. The summed E-state index contributed by atoms with van der Waals surface area (Å²) in [4.78, 5) is 27.0. The van der Waals surface area contributed by atoms with Gasteiger partial charge in [-0.15, -0.1) is 0 Å². The van der Waals surface area contributed by atoms with E-state index in [0.717, 1.165) is 12.1 Å². The molecule has 3 N–H and O–H groups in total. The largest absolute Gasteiger partial charge is 0.478 e. The number of carboxylic acid groups (broad SMARTS) is 1. The third-order valence-corrected chi connectivity index (χ3v) is 4.83. The number of aromatic nitrogens is 1. The molecule has 0 spiro atoms. The molecule has 0 saturated heterocycles. The number of aryl methyl sites for hydroxylation is 1. The molecule has 5 nitrogen and oxygen atoms in total. The van der Waals surface area contributed by atoms with E-state index in [4.69, 9.17) is 0 Å². The minimum Gasteiger partial charge on any atom is -0.478 e. The molecule has 2 heterocycles. The highest BCUT2D eigenvalue weighted by atomic mass is 19.4. The number of benzene rings is 2. The van der Waals surface area contributed by atoms with E-state index in [0.29, 0.717) is 28.1 Å². The van der Waals surface area contributed by atoms with Gasteiger partial charge in [0, 0.05) is 16.9 Å². The normalized spacial score (nSPS) is 14.7. The van der Waals surface area contributed by atoms with Gasteiger partial charge in [-0.2, -0.15) is 13.2 Å². The number of amides is 1. The molecule has 0 radical (unpaired) electrons. The molecule has 1 aliphatic heterocycles. The fourth-order valence-corrected chi connectivity index (χ4v) is 3.54. The van der Waals surface area contributed by atoms with Crippen LogP contribution in [0.3, 0.4) is 0 Å². The number of rotatable bonds is 3. The van der Waals surface area contributed by atoms with Crippen LogP contribution in [0.5, 0.6) is 0 Å². The predicted molar refractivity (Wildman–Crippen MR) is 106 cm³/mol. The van der Waals surface area contributed by atoms with Crippen LogP contribution in [0.2, 0.25) is 0 Å². The number of alkyl halides is 3. The second-order valence-electron chi connectivity index (χ2n) is 6.90. The van der Waals surface area contributed by atoms with Crippen molar-refractivity contribution in [2.75, 3.05) is 5.32 Å². The maximum atomic E-state index is 13.2. The molecule has 2 aromatic carbocycles. The lowest BCUT2D eigenvalue weighted by molar-refractivity contribution is -0.137. The van der Waals surface area contributed by atoms with Crippen LogP contribution in [-0.2, 0) is 11.0 Å². The standard InChI is InChI=1S/C22H15F3N2O3/c1-11-8-15(21(29)30)18(26-11)10-16-19-14(6-3-7-17(19)27-20(16)28)12-4-2-5-13(9-12)22(23,24)25/h2-10,26H,1H3,(H,27,28)(H,29,30)/b16-10-. The van der Waals surface area contributed by atoms with Crippen LogP contribution in [-0.4, -0.2) is 22.0 Å². The summed E-state index contributed by atoms with van der Waals surface area (Å²) in [5.74, 6) is -1.62. The summed E-state index contributed by atoms with van der Waals surface area (Å²) in [6, 6.07) is 11.2. The Hall–Kier alpha value is -3.81. The van der Waals surface area contributed by atoms with Gasteiger partial charge in [-0.1, -0.05) is 24.3 Å². The van der Waals surface area contributed by atoms with Gasteiger partial charge >= 0.3 is 12.1 Å². The number of anilines is 1. The first-order valence-corrected chi connectivity index (χ1v) is 8.92. The van der Waals surface area contributed by atoms with Crippen LogP contribution < -0.4 is 5.32 Å². The molecule has 1 aromatic heterocycles. The smallest absolute Gasteiger partial charge is 0.416 e. The molecule has 1 amide bonds. The van der Waals surface area contributed by atoms with E-state index in [-0.39, 0.29) is 16.8 Å². The zero-order valence-corrected chi connectivity index (χ0v) is 15.6. The number of H-pyrrole nitrogens is 1. The van der Waals surface area contributed by atoms with Crippen molar-refractivity contribution in [1.29, 1.82) is 0 Å². The van der Waals surface area contributed by atoms with E-state index in [9.17, 15) is 27.9 Å². The molecule has 0 saturated carbocycles. The zero-order valence-electron chi connectivity index (χ0n) is 15.6. The SMILES string of the molecule is Cc1cc(C(=O)O)c(/C=C2\C(=O)Nc3cccc(-c4cccc(C(F)(F)F)c4)c32)[nH]1. The highest BCUT2D eigenvalue weighted by Gasteiger charge is 2.32. The van der Waals surface area contributed by atoms with Crippen molar-refractivity contribution in [3.05, 3.63) is 76.6 Å². The van der Waals surface area contributed by atoms with E-state index in [1.165, 1.54) is 24.3 Å². The van der Waals surface area contributed by atoms with Crippen molar-refractivity contribution in [3.63, 3.8) is 0 Å². The third kappa shape index (κ3) is 3.36. The lowest BCUT2D eigenvalue weighted by Crippen LogP contribution is -2.05. The van der Waals surface area contributed by atoms with E-state index >= 15 is 0 Å². The van der Waals surface area contributed by atoms with E-state index in [1.54, 1.807) is 25.1 Å². The van der Waals surface area contributed by atoms with Gasteiger partial charge < -0.3 is 15.4 Å². The average Bonchev–Trinajstić information content (AvgIpc) is 3.21. The van der Waals surface area contributed by atoms with Gasteiger partial charge in [0.15, 0.2) is 0 Å². The number of carboxylic acids is 1. The highest BCUT2D eigenvalue weighted by Crippen LogP contribution is 2.41. The number of aromatic carboxylic acids is 1. The Kier molecular flexibility index (Phi) is 4.49. The van der Waals surface area contributed by atoms with Gasteiger partial charge in [0.2, 0.25) is 0 Å². The topological polar surface area (TPSA) is 82.2 Å². The number of fused-ring (bicyclic) bond motifs is 1. The predicted octanol–water partition coefficient (Wildman–Crippen LogP) is 5.20. The summed E-state index contributed by atoms with van der Waals surface area (Å²) in [5.41, 5.74) is 1.80. The fourth-order valence-electron chi connectivity index (χ4n) is 3.54. The maximum absolute atomic E-state index is 13.2. The Morgan fingerprint density at radius 3 is 2.53 bits per heavy atom. The van der Waals surface area contributed by atoms with Crippen molar-refractivity contribution < 1.29 is 27.9 Å². The van der Waals surface area contributed by atoms with Crippen LogP contribution in [0.15, 0.2) is 48.5 Å². The maximum Gasteiger partial charge on any atom is 0.416 e. The van der Waals surface area contributed by atoms with Crippen molar-refractivity contribution in [1.82, 2.24) is 4.98 Å². The first-order chi connectivity index (χ1) is 14.1. The molecule has 8 heteroatoms. The number of carbonyl (C=O) groups excluding carboxylic acids is 1. The lowest BCUT2D eigenvalue weighted by Gasteiger charge is -2.12. The number of nitrogens with one attached hydrogen (secondary N) is 2. The Balaban J connectivity index is 1.91. The quantitative estimate of drug-likeness (QED) is 0.517. The van der Waals surface area contributed by atoms with Crippen molar-refractivity contribution in [3.8, 4) is 11.1 Å². The van der Waals surface area contributed by atoms with Gasteiger partial charge in [0.1, 0.15) is 0 Å². The Bertz CT molecular complexity index is 1220.